The average molecular weight is 349 g/mol. The molecule has 2 aromatic rings. The van der Waals surface area contributed by atoms with Gasteiger partial charge in [-0.3, -0.25) is 4.79 Å². The molecule has 3 rings (SSSR count). The number of thiophene rings is 1. The van der Waals surface area contributed by atoms with Crippen LogP contribution in [0.5, 0.6) is 0 Å². The third-order valence-electron chi connectivity index (χ3n) is 3.20. The fraction of sp³-hybridized carbons (Fsp3) is 0.125. The quantitative estimate of drug-likeness (QED) is 0.783. The number of thioether (sulfide) groups is 1. The number of carbonyl (C=O) groups excluding carboxylic acids is 1. The molecule has 0 saturated carbocycles. The number of hydrogen-bond acceptors (Lipinski definition) is 4. The van der Waals surface area contributed by atoms with Crippen molar-refractivity contribution in [3.63, 3.8) is 0 Å². The number of aliphatic imine (C=N–C) groups is 1. The number of nitrogens with zero attached hydrogens (tertiary/aromatic N) is 1. The summed E-state index contributed by atoms with van der Waals surface area (Å²) in [6.07, 6.45) is 1.91. The number of hydrogen-bond donors (Lipinski definition) is 1. The summed E-state index contributed by atoms with van der Waals surface area (Å²) in [6.45, 7) is 3.97. The van der Waals surface area contributed by atoms with Crippen molar-refractivity contribution in [1.29, 1.82) is 0 Å². The lowest BCUT2D eigenvalue weighted by atomic mass is 10.2. The second-order valence-corrected chi connectivity index (χ2v) is 7.27. The molecule has 1 saturated heterocycles. The molecule has 1 fully saturated rings. The van der Waals surface area contributed by atoms with Crippen LogP contribution in [-0.2, 0) is 4.79 Å². The lowest BCUT2D eigenvalue weighted by Crippen LogP contribution is -2.19. The van der Waals surface area contributed by atoms with Crippen LogP contribution in [0.1, 0.15) is 16.0 Å². The third-order valence-corrected chi connectivity index (χ3v) is 5.48. The minimum Gasteiger partial charge on any atom is -0.300 e. The van der Waals surface area contributed by atoms with Crippen LogP contribution in [0.4, 0.5) is 5.69 Å². The number of amides is 1. The minimum atomic E-state index is -0.116. The van der Waals surface area contributed by atoms with E-state index in [0.29, 0.717) is 15.1 Å². The molecule has 1 N–H and O–H groups in total. The maximum absolute atomic E-state index is 12.0. The van der Waals surface area contributed by atoms with Crippen LogP contribution in [0, 0.1) is 13.8 Å². The Balaban J connectivity index is 1.85. The molecule has 1 aromatic carbocycles. The van der Waals surface area contributed by atoms with Crippen molar-refractivity contribution in [3.05, 3.63) is 55.6 Å². The van der Waals surface area contributed by atoms with Gasteiger partial charge in [0.2, 0.25) is 0 Å². The largest absolute Gasteiger partial charge is 0.300 e. The Bertz CT molecular complexity index is 808. The standard InChI is InChI=1S/C16H13ClN2OS2/c1-9-3-4-11(7-12(9)17)18-16-19-15(20)14(22-16)8-13-10(2)5-6-21-13/h3-8H,1-2H3,(H,18,19,20)/b14-8+. The molecule has 1 aromatic heterocycles. The molecule has 0 bridgehead atoms. The van der Waals surface area contributed by atoms with Gasteiger partial charge in [-0.2, -0.15) is 0 Å². The molecule has 0 radical (unpaired) electrons. The molecule has 0 atom stereocenters. The van der Waals surface area contributed by atoms with Crippen LogP contribution in [-0.4, -0.2) is 11.1 Å². The fourth-order valence-electron chi connectivity index (χ4n) is 1.90. The Labute approximate surface area is 142 Å². The highest BCUT2D eigenvalue weighted by molar-refractivity contribution is 8.18. The summed E-state index contributed by atoms with van der Waals surface area (Å²) in [5, 5.41) is 6.04. The smallest absolute Gasteiger partial charge is 0.264 e. The summed E-state index contributed by atoms with van der Waals surface area (Å²) in [7, 11) is 0. The number of halogens is 1. The first kappa shape index (κ1) is 15.3. The van der Waals surface area contributed by atoms with Crippen LogP contribution < -0.4 is 5.32 Å². The van der Waals surface area contributed by atoms with Gasteiger partial charge in [0.05, 0.1) is 10.6 Å². The third kappa shape index (κ3) is 3.27. The Kier molecular flexibility index (Phi) is 4.38. The molecular weight excluding hydrogens is 336 g/mol. The van der Waals surface area contributed by atoms with E-state index in [-0.39, 0.29) is 5.91 Å². The van der Waals surface area contributed by atoms with Gasteiger partial charge in [0.25, 0.3) is 5.91 Å². The zero-order chi connectivity index (χ0) is 15.7. The van der Waals surface area contributed by atoms with Crippen LogP contribution in [0.2, 0.25) is 5.02 Å². The number of aryl methyl sites for hydroxylation is 2. The maximum Gasteiger partial charge on any atom is 0.264 e. The van der Waals surface area contributed by atoms with E-state index in [1.54, 1.807) is 17.4 Å². The van der Waals surface area contributed by atoms with Crippen molar-refractivity contribution in [2.75, 3.05) is 0 Å². The van der Waals surface area contributed by atoms with E-state index in [0.717, 1.165) is 16.1 Å². The van der Waals surface area contributed by atoms with Crippen molar-refractivity contribution < 1.29 is 4.79 Å². The van der Waals surface area contributed by atoms with Crippen LogP contribution in [0.3, 0.4) is 0 Å². The average Bonchev–Trinajstić information content (AvgIpc) is 3.02. The second-order valence-electron chi connectivity index (χ2n) is 4.88. The Morgan fingerprint density at radius 3 is 2.73 bits per heavy atom. The van der Waals surface area contributed by atoms with Gasteiger partial charge in [-0.1, -0.05) is 17.7 Å². The molecule has 3 nitrogen and oxygen atoms in total. The molecule has 112 valence electrons. The molecule has 22 heavy (non-hydrogen) atoms. The Hall–Kier alpha value is -1.56. The van der Waals surface area contributed by atoms with Crippen molar-refractivity contribution in [3.8, 4) is 0 Å². The fourth-order valence-corrected chi connectivity index (χ4v) is 3.83. The number of rotatable bonds is 2. The van der Waals surface area contributed by atoms with Crippen molar-refractivity contribution in [1.82, 2.24) is 5.32 Å². The van der Waals surface area contributed by atoms with Gasteiger partial charge in [-0.25, -0.2) is 4.99 Å². The Morgan fingerprint density at radius 1 is 1.23 bits per heavy atom. The van der Waals surface area contributed by atoms with Crippen LogP contribution in [0.15, 0.2) is 39.5 Å². The predicted molar refractivity (Wildman–Crippen MR) is 96.1 cm³/mol. The molecule has 1 aliphatic rings. The van der Waals surface area contributed by atoms with Gasteiger partial charge in [0.1, 0.15) is 0 Å². The number of nitrogens with one attached hydrogen (secondary N) is 1. The predicted octanol–water partition coefficient (Wildman–Crippen LogP) is 4.91. The minimum absolute atomic E-state index is 0.116. The summed E-state index contributed by atoms with van der Waals surface area (Å²) in [4.78, 5) is 18.2. The van der Waals surface area contributed by atoms with Crippen molar-refractivity contribution in [2.24, 2.45) is 4.99 Å². The molecule has 2 heterocycles. The molecule has 0 spiro atoms. The van der Waals surface area contributed by atoms with E-state index in [2.05, 4.69) is 10.3 Å². The van der Waals surface area contributed by atoms with Gasteiger partial charge >= 0.3 is 0 Å². The number of benzene rings is 1. The van der Waals surface area contributed by atoms with Crippen LogP contribution in [0.25, 0.3) is 6.08 Å². The number of carbonyl (C=O) groups is 1. The topological polar surface area (TPSA) is 41.5 Å². The highest BCUT2D eigenvalue weighted by Gasteiger charge is 2.24. The summed E-state index contributed by atoms with van der Waals surface area (Å²) < 4.78 is 0. The molecule has 0 aliphatic carbocycles. The van der Waals surface area contributed by atoms with E-state index in [9.17, 15) is 4.79 Å². The van der Waals surface area contributed by atoms with E-state index in [4.69, 9.17) is 11.6 Å². The molecule has 6 heteroatoms. The highest BCUT2D eigenvalue weighted by Crippen LogP contribution is 2.31. The van der Waals surface area contributed by atoms with E-state index in [1.165, 1.54) is 17.3 Å². The Morgan fingerprint density at radius 2 is 2.05 bits per heavy atom. The normalized spacial score (nSPS) is 18.2. The molecule has 0 unspecified atom stereocenters. The zero-order valence-corrected chi connectivity index (χ0v) is 14.4. The van der Waals surface area contributed by atoms with Gasteiger partial charge in [0.15, 0.2) is 5.17 Å². The van der Waals surface area contributed by atoms with E-state index < -0.39 is 0 Å². The van der Waals surface area contributed by atoms with Gasteiger partial charge in [-0.05, 0) is 66.4 Å². The SMILES string of the molecule is Cc1ccc(N=C2NC(=O)/C(=C\c3sccc3C)S2)cc1Cl. The monoisotopic (exact) mass is 348 g/mol. The van der Waals surface area contributed by atoms with Gasteiger partial charge in [0, 0.05) is 9.90 Å². The van der Waals surface area contributed by atoms with Crippen molar-refractivity contribution in [2.45, 2.75) is 13.8 Å². The van der Waals surface area contributed by atoms with Crippen molar-refractivity contribution >= 4 is 57.5 Å². The van der Waals surface area contributed by atoms with E-state index in [1.807, 2.05) is 43.5 Å². The van der Waals surface area contributed by atoms with Crippen LogP contribution >= 0.6 is 34.7 Å². The first-order valence-corrected chi connectivity index (χ1v) is 8.70. The summed E-state index contributed by atoms with van der Waals surface area (Å²) in [5.41, 5.74) is 2.90. The number of amidine groups is 1. The molecule has 1 aliphatic heterocycles. The molecule has 1 amide bonds. The zero-order valence-electron chi connectivity index (χ0n) is 12.0. The first-order chi connectivity index (χ1) is 10.5. The van der Waals surface area contributed by atoms with E-state index >= 15 is 0 Å². The highest BCUT2D eigenvalue weighted by atomic mass is 35.5. The second kappa shape index (κ2) is 6.28. The lowest BCUT2D eigenvalue weighted by Gasteiger charge is -2.00. The van der Waals surface area contributed by atoms with Gasteiger partial charge in [-0.15, -0.1) is 11.3 Å². The summed E-state index contributed by atoms with van der Waals surface area (Å²) in [5.74, 6) is -0.116. The molecular formula is C16H13ClN2OS2. The summed E-state index contributed by atoms with van der Waals surface area (Å²) >= 11 is 9.06. The lowest BCUT2D eigenvalue weighted by molar-refractivity contribution is -0.115. The van der Waals surface area contributed by atoms with Gasteiger partial charge < -0.3 is 5.32 Å². The maximum atomic E-state index is 12.0. The first-order valence-electron chi connectivity index (χ1n) is 6.63. The summed E-state index contributed by atoms with van der Waals surface area (Å²) in [6, 6.07) is 7.63.